The van der Waals surface area contributed by atoms with Crippen molar-refractivity contribution >= 4 is 5.97 Å². The molecular weight excluding hydrogens is 238 g/mol. The summed E-state index contributed by atoms with van der Waals surface area (Å²) in [6.07, 6.45) is 0.200. The summed E-state index contributed by atoms with van der Waals surface area (Å²) in [7, 11) is 4.53. The zero-order chi connectivity index (χ0) is 13.7. The Morgan fingerprint density at radius 3 is 2.11 bits per heavy atom. The van der Waals surface area contributed by atoms with Crippen LogP contribution in [0, 0.1) is 0 Å². The summed E-state index contributed by atoms with van der Waals surface area (Å²) in [5.74, 6) is 0.361. The Morgan fingerprint density at radius 2 is 1.67 bits per heavy atom. The Bertz CT molecular complexity index is 433. The summed E-state index contributed by atoms with van der Waals surface area (Å²) < 4.78 is 15.5. The smallest absolute Gasteiger partial charge is 0.164 e. The van der Waals surface area contributed by atoms with Gasteiger partial charge in [-0.25, -0.2) is 0 Å². The Balaban J connectivity index is 3.13. The molecule has 0 aromatic heterocycles. The Labute approximate surface area is 105 Å². The van der Waals surface area contributed by atoms with E-state index in [9.17, 15) is 9.90 Å². The van der Waals surface area contributed by atoms with E-state index in [1.165, 1.54) is 21.3 Å². The second kappa shape index (κ2) is 6.11. The van der Waals surface area contributed by atoms with Crippen LogP contribution in [-0.4, -0.2) is 33.3 Å². The van der Waals surface area contributed by atoms with Gasteiger partial charge in [-0.3, -0.25) is 0 Å². The third kappa shape index (κ3) is 3.04. The predicted octanol–water partition coefficient (Wildman–Crippen LogP) is -1.38. The number of benzene rings is 1. The molecule has 1 aromatic rings. The second-order valence-corrected chi connectivity index (χ2v) is 3.74. The van der Waals surface area contributed by atoms with E-state index in [-0.39, 0.29) is 6.42 Å². The van der Waals surface area contributed by atoms with Gasteiger partial charge in [-0.1, -0.05) is 0 Å². The molecule has 0 bridgehead atoms. The SMILES string of the molecule is COc1cc(OC)c(OC)cc1C[C@@H]([NH3+])C(=O)[O-]. The van der Waals surface area contributed by atoms with Crippen LogP contribution in [0.15, 0.2) is 12.1 Å². The average Bonchev–Trinajstić information content (AvgIpc) is 2.37. The first-order valence-electron chi connectivity index (χ1n) is 5.36. The van der Waals surface area contributed by atoms with Crippen LogP contribution < -0.4 is 25.1 Å². The molecule has 0 amide bonds. The van der Waals surface area contributed by atoms with E-state index in [2.05, 4.69) is 5.73 Å². The Morgan fingerprint density at radius 1 is 1.17 bits per heavy atom. The van der Waals surface area contributed by atoms with Gasteiger partial charge in [0.1, 0.15) is 11.8 Å². The molecule has 0 saturated carbocycles. The van der Waals surface area contributed by atoms with Gasteiger partial charge in [-0.15, -0.1) is 0 Å². The molecule has 1 rings (SSSR count). The molecule has 18 heavy (non-hydrogen) atoms. The highest BCUT2D eigenvalue weighted by molar-refractivity contribution is 5.70. The fourth-order valence-electron chi connectivity index (χ4n) is 1.60. The highest BCUT2D eigenvalue weighted by Gasteiger charge is 2.16. The number of carboxylic acid groups (broad SMARTS) is 1. The molecular formula is C12H17NO5. The molecule has 0 spiro atoms. The lowest BCUT2D eigenvalue weighted by Gasteiger charge is -2.16. The molecule has 0 aliphatic rings. The van der Waals surface area contributed by atoms with E-state index in [1.54, 1.807) is 12.1 Å². The van der Waals surface area contributed by atoms with Crippen molar-refractivity contribution in [3.63, 3.8) is 0 Å². The molecule has 0 heterocycles. The number of hydrogen-bond acceptors (Lipinski definition) is 5. The molecule has 0 fully saturated rings. The van der Waals surface area contributed by atoms with Crippen molar-refractivity contribution in [2.45, 2.75) is 12.5 Å². The molecule has 0 saturated heterocycles. The lowest BCUT2D eigenvalue weighted by molar-refractivity contribution is -0.437. The summed E-state index contributed by atoms with van der Waals surface area (Å²) in [5, 5.41) is 10.7. The number of ether oxygens (including phenoxy) is 3. The minimum Gasteiger partial charge on any atom is -0.544 e. The second-order valence-electron chi connectivity index (χ2n) is 3.74. The molecule has 6 heteroatoms. The summed E-state index contributed by atoms with van der Waals surface area (Å²) >= 11 is 0. The van der Waals surface area contributed by atoms with Gasteiger partial charge >= 0.3 is 0 Å². The highest BCUT2D eigenvalue weighted by Crippen LogP contribution is 2.34. The van der Waals surface area contributed by atoms with Crippen molar-refractivity contribution in [3.8, 4) is 17.2 Å². The summed E-state index contributed by atoms with van der Waals surface area (Å²) in [6, 6.07) is 2.48. The molecule has 0 radical (unpaired) electrons. The zero-order valence-electron chi connectivity index (χ0n) is 10.7. The maximum atomic E-state index is 10.7. The van der Waals surface area contributed by atoms with E-state index in [0.717, 1.165) is 0 Å². The van der Waals surface area contributed by atoms with E-state index in [1.807, 2.05) is 0 Å². The third-order valence-corrected chi connectivity index (χ3v) is 2.59. The molecule has 3 N–H and O–H groups in total. The van der Waals surface area contributed by atoms with Gasteiger partial charge in [0, 0.05) is 18.1 Å². The maximum Gasteiger partial charge on any atom is 0.164 e. The predicted molar refractivity (Wildman–Crippen MR) is 61.5 cm³/mol. The van der Waals surface area contributed by atoms with Gasteiger partial charge in [0.15, 0.2) is 11.5 Å². The molecule has 0 aliphatic heterocycles. The van der Waals surface area contributed by atoms with Crippen LogP contribution in [0.1, 0.15) is 5.56 Å². The van der Waals surface area contributed by atoms with Crippen LogP contribution in [0.2, 0.25) is 0 Å². The monoisotopic (exact) mass is 255 g/mol. The third-order valence-electron chi connectivity index (χ3n) is 2.59. The number of quaternary nitrogens is 1. The van der Waals surface area contributed by atoms with Gasteiger partial charge in [-0.2, -0.15) is 0 Å². The molecule has 100 valence electrons. The standard InChI is InChI=1S/C12H17NO5/c1-16-9-6-11(18-3)10(17-2)5-7(9)4-8(13)12(14)15/h5-6,8H,4,13H2,1-3H3,(H,14,15)/t8-/m1/s1. The first-order valence-corrected chi connectivity index (χ1v) is 5.36. The van der Waals surface area contributed by atoms with E-state index < -0.39 is 12.0 Å². The summed E-state index contributed by atoms with van der Waals surface area (Å²) in [6.45, 7) is 0. The number of hydrogen-bond donors (Lipinski definition) is 1. The fourth-order valence-corrected chi connectivity index (χ4v) is 1.60. The first-order chi connectivity index (χ1) is 8.53. The number of carboxylic acids is 1. The van der Waals surface area contributed by atoms with Crippen LogP contribution in [0.25, 0.3) is 0 Å². The largest absolute Gasteiger partial charge is 0.544 e. The van der Waals surface area contributed by atoms with Crippen molar-refractivity contribution < 1.29 is 29.8 Å². The van der Waals surface area contributed by atoms with Gasteiger partial charge in [0.05, 0.1) is 27.3 Å². The quantitative estimate of drug-likeness (QED) is 0.675. The fraction of sp³-hybridized carbons (Fsp3) is 0.417. The van der Waals surface area contributed by atoms with Crippen LogP contribution in [0.5, 0.6) is 17.2 Å². The lowest BCUT2D eigenvalue weighted by atomic mass is 10.0. The van der Waals surface area contributed by atoms with Gasteiger partial charge in [-0.05, 0) is 6.07 Å². The molecule has 1 aromatic carbocycles. The minimum absolute atomic E-state index is 0.200. The number of aliphatic carboxylic acids is 1. The molecule has 0 unspecified atom stereocenters. The van der Waals surface area contributed by atoms with Crippen LogP contribution >= 0.6 is 0 Å². The van der Waals surface area contributed by atoms with Crippen LogP contribution in [0.3, 0.4) is 0 Å². The molecule has 1 atom stereocenters. The van der Waals surface area contributed by atoms with Crippen LogP contribution in [0.4, 0.5) is 0 Å². The van der Waals surface area contributed by atoms with E-state index >= 15 is 0 Å². The van der Waals surface area contributed by atoms with Gasteiger partial charge < -0.3 is 29.8 Å². The Kier molecular flexibility index (Phi) is 4.79. The van der Waals surface area contributed by atoms with Crippen molar-refractivity contribution in [1.82, 2.24) is 0 Å². The van der Waals surface area contributed by atoms with Crippen LogP contribution in [-0.2, 0) is 11.2 Å². The maximum absolute atomic E-state index is 10.7. The van der Waals surface area contributed by atoms with Crippen molar-refractivity contribution in [2.75, 3.05) is 21.3 Å². The highest BCUT2D eigenvalue weighted by atomic mass is 16.5. The minimum atomic E-state index is -1.20. The lowest BCUT2D eigenvalue weighted by Crippen LogP contribution is -2.69. The van der Waals surface area contributed by atoms with Gasteiger partial charge in [0.25, 0.3) is 0 Å². The number of carbonyl (C=O) groups excluding carboxylic acids is 1. The first kappa shape index (κ1) is 14.1. The summed E-state index contributed by atoms with van der Waals surface area (Å²) in [4.78, 5) is 10.7. The van der Waals surface area contributed by atoms with Crippen molar-refractivity contribution in [3.05, 3.63) is 17.7 Å². The molecule has 0 aliphatic carbocycles. The van der Waals surface area contributed by atoms with Gasteiger partial charge in [0.2, 0.25) is 0 Å². The normalized spacial score (nSPS) is 11.8. The summed E-state index contributed by atoms with van der Waals surface area (Å²) in [5.41, 5.74) is 4.20. The van der Waals surface area contributed by atoms with Crippen molar-refractivity contribution in [1.29, 1.82) is 0 Å². The number of methoxy groups -OCH3 is 3. The van der Waals surface area contributed by atoms with E-state index in [0.29, 0.717) is 22.8 Å². The zero-order valence-corrected chi connectivity index (χ0v) is 10.7. The average molecular weight is 255 g/mol. The number of carbonyl (C=O) groups is 1. The topological polar surface area (TPSA) is 95.5 Å². The van der Waals surface area contributed by atoms with E-state index in [4.69, 9.17) is 14.2 Å². The Hall–Kier alpha value is -1.95. The van der Waals surface area contributed by atoms with Crippen molar-refractivity contribution in [2.24, 2.45) is 0 Å². The number of rotatable bonds is 6. The molecule has 6 nitrogen and oxygen atoms in total.